The Morgan fingerprint density at radius 2 is 1.30 bits per heavy atom. The maximum Gasteiger partial charge on any atom is 0.407 e. The van der Waals surface area contributed by atoms with Gasteiger partial charge in [0, 0.05) is 26.2 Å². The van der Waals surface area contributed by atoms with E-state index >= 15 is 0 Å². The van der Waals surface area contributed by atoms with Gasteiger partial charge in [-0.25, -0.2) is 29.0 Å². The monoisotopic (exact) mass is 660 g/mol. The Labute approximate surface area is 269 Å². The van der Waals surface area contributed by atoms with Crippen LogP contribution in [0.4, 0.5) is 19.2 Å². The van der Waals surface area contributed by atoms with Crippen molar-refractivity contribution in [3.8, 4) is 11.5 Å². The lowest BCUT2D eigenvalue weighted by Crippen LogP contribution is -2.52. The van der Waals surface area contributed by atoms with Crippen LogP contribution >= 0.6 is 0 Å². The van der Waals surface area contributed by atoms with Crippen molar-refractivity contribution in [2.75, 3.05) is 32.8 Å². The molecule has 0 unspecified atom stereocenters. The number of hydrogen-bond donors (Lipinski definition) is 5. The van der Waals surface area contributed by atoms with Crippen molar-refractivity contribution in [3.63, 3.8) is 0 Å². The summed E-state index contributed by atoms with van der Waals surface area (Å²) in [5.41, 5.74) is 0.463. The molecule has 256 valence electrons. The number of aromatic nitrogens is 4. The predicted octanol–water partition coefficient (Wildman–Crippen LogP) is 1.29. The minimum atomic E-state index is -1.63. The summed E-state index contributed by atoms with van der Waals surface area (Å²) >= 11 is 0. The number of ether oxygens (including phenoxy) is 4. The first-order chi connectivity index (χ1) is 22.4. The molecule has 2 heterocycles. The highest BCUT2D eigenvalue weighted by Crippen LogP contribution is 2.26. The van der Waals surface area contributed by atoms with E-state index < -0.39 is 67.1 Å². The minimum Gasteiger partial charge on any atom is -0.445 e. The molecular formula is C29H40N8O10. The van der Waals surface area contributed by atoms with Crippen LogP contribution < -0.4 is 32.5 Å². The Kier molecular flexibility index (Phi) is 12.9. The van der Waals surface area contributed by atoms with Crippen molar-refractivity contribution >= 4 is 35.4 Å². The number of alkyl carbamates (subject to hydrolysis) is 4. The second-order valence-corrected chi connectivity index (χ2v) is 10.2. The Balaban J connectivity index is 2.28. The molecule has 4 amide bonds. The number of aromatic amines is 1. The van der Waals surface area contributed by atoms with Gasteiger partial charge in [-0.15, -0.1) is 0 Å². The predicted molar refractivity (Wildman–Crippen MR) is 167 cm³/mol. The van der Waals surface area contributed by atoms with Crippen LogP contribution in [0.3, 0.4) is 0 Å². The number of aryl methyl sites for hydroxylation is 2. The Bertz CT molecular complexity index is 1670. The van der Waals surface area contributed by atoms with Crippen molar-refractivity contribution in [1.29, 1.82) is 0 Å². The summed E-state index contributed by atoms with van der Waals surface area (Å²) in [7, 11) is 0. The Hall–Kier alpha value is -5.42. The van der Waals surface area contributed by atoms with E-state index in [0.29, 0.717) is 11.0 Å². The molecule has 0 fully saturated rings. The normalized spacial score (nSPS) is 12.8. The molecule has 18 nitrogen and oxygen atoms in total. The van der Waals surface area contributed by atoms with Gasteiger partial charge < -0.3 is 44.8 Å². The number of fused-ring (bicyclic) bond motifs is 2. The molecule has 0 aliphatic carbocycles. The van der Waals surface area contributed by atoms with E-state index in [9.17, 15) is 28.8 Å². The number of amides is 4. The number of nitrogens with zero attached hydrogens (tertiary/aromatic N) is 3. The summed E-state index contributed by atoms with van der Waals surface area (Å²) in [5, 5.41) is 9.86. The van der Waals surface area contributed by atoms with E-state index in [0.717, 1.165) is 11.1 Å². The van der Waals surface area contributed by atoms with E-state index in [1.54, 1.807) is 39.8 Å². The third-order valence-electron chi connectivity index (χ3n) is 6.74. The number of benzene rings is 1. The average Bonchev–Trinajstić information content (AvgIpc) is 2.99. The fourth-order valence-electron chi connectivity index (χ4n) is 4.52. The maximum absolute atomic E-state index is 12.9. The van der Waals surface area contributed by atoms with E-state index in [1.807, 2.05) is 13.8 Å². The van der Waals surface area contributed by atoms with Gasteiger partial charge in [0.25, 0.3) is 5.56 Å². The second-order valence-electron chi connectivity index (χ2n) is 10.2. The third kappa shape index (κ3) is 9.54. The van der Waals surface area contributed by atoms with Gasteiger partial charge in [0.15, 0.2) is 29.8 Å². The number of H-pyrrole nitrogens is 1. The van der Waals surface area contributed by atoms with Gasteiger partial charge in [-0.1, -0.05) is 0 Å². The summed E-state index contributed by atoms with van der Waals surface area (Å²) in [6.45, 7) is 9.95. The minimum absolute atomic E-state index is 0.149. The zero-order valence-corrected chi connectivity index (χ0v) is 27.1. The first kappa shape index (κ1) is 36.1. The Morgan fingerprint density at radius 3 is 1.89 bits per heavy atom. The van der Waals surface area contributed by atoms with Crippen LogP contribution in [0.15, 0.2) is 21.7 Å². The van der Waals surface area contributed by atoms with Crippen LogP contribution in [0.2, 0.25) is 0 Å². The zero-order valence-electron chi connectivity index (χ0n) is 27.1. The SMILES string of the molecule is CCNC(=O)OC[C@H](OC(=O)NCC)[C@H](OC(=O)NCC)[C@@H](Cn1c2nc(=O)[nH]c(=O)c-2nc2cc(C)c(C)cc21)OC(=O)NCC. The molecule has 5 N–H and O–H groups in total. The molecule has 0 spiro atoms. The molecule has 0 radical (unpaired) electrons. The van der Waals surface area contributed by atoms with E-state index in [-0.39, 0.29) is 37.7 Å². The smallest absolute Gasteiger partial charge is 0.407 e. The van der Waals surface area contributed by atoms with E-state index in [4.69, 9.17) is 18.9 Å². The second kappa shape index (κ2) is 16.8. The molecule has 3 atom stereocenters. The molecule has 0 aromatic heterocycles. The quantitative estimate of drug-likeness (QED) is 0.129. The van der Waals surface area contributed by atoms with Crippen molar-refractivity contribution in [1.82, 2.24) is 40.8 Å². The summed E-state index contributed by atoms with van der Waals surface area (Å²) < 4.78 is 23.7. The molecule has 2 aliphatic heterocycles. The van der Waals surface area contributed by atoms with Crippen LogP contribution in [0.1, 0.15) is 38.8 Å². The highest BCUT2D eigenvalue weighted by atomic mass is 16.6. The molecule has 1 aromatic rings. The maximum atomic E-state index is 12.9. The summed E-state index contributed by atoms with van der Waals surface area (Å²) in [6.07, 6.45) is -8.39. The number of hydrogen-bond acceptors (Lipinski definition) is 12. The largest absolute Gasteiger partial charge is 0.445 e. The topological polar surface area (TPSA) is 234 Å². The van der Waals surface area contributed by atoms with Crippen molar-refractivity contribution < 1.29 is 38.1 Å². The van der Waals surface area contributed by atoms with Gasteiger partial charge in [0.1, 0.15) is 6.61 Å². The first-order valence-electron chi connectivity index (χ1n) is 15.1. The molecule has 0 bridgehead atoms. The molecule has 18 heteroatoms. The molecule has 0 saturated carbocycles. The fourth-order valence-corrected chi connectivity index (χ4v) is 4.52. The molecule has 47 heavy (non-hydrogen) atoms. The van der Waals surface area contributed by atoms with E-state index in [2.05, 4.69) is 36.2 Å². The fraction of sp³-hybridized carbons (Fsp3) is 0.517. The number of carbonyl (C=O) groups is 4. The van der Waals surface area contributed by atoms with Crippen LogP contribution in [-0.2, 0) is 25.5 Å². The Morgan fingerprint density at radius 1 is 0.766 bits per heavy atom. The zero-order chi connectivity index (χ0) is 34.7. The van der Waals surface area contributed by atoms with Crippen molar-refractivity contribution in [2.45, 2.75) is 66.4 Å². The number of rotatable bonds is 13. The van der Waals surface area contributed by atoms with Gasteiger partial charge in [0.05, 0.1) is 17.6 Å². The number of carbonyl (C=O) groups excluding carboxylic acids is 4. The van der Waals surface area contributed by atoms with Gasteiger partial charge >= 0.3 is 30.1 Å². The summed E-state index contributed by atoms with van der Waals surface area (Å²) in [6, 6.07) is 3.48. The molecule has 0 saturated heterocycles. The highest BCUT2D eigenvalue weighted by Gasteiger charge is 2.40. The summed E-state index contributed by atoms with van der Waals surface area (Å²) in [4.78, 5) is 86.6. The van der Waals surface area contributed by atoms with Gasteiger partial charge in [-0.3, -0.25) is 9.78 Å². The highest BCUT2D eigenvalue weighted by molar-refractivity contribution is 5.81. The molecule has 1 aromatic carbocycles. The first-order valence-corrected chi connectivity index (χ1v) is 15.1. The van der Waals surface area contributed by atoms with Gasteiger partial charge in [-0.2, -0.15) is 4.98 Å². The molecule has 3 rings (SSSR count). The van der Waals surface area contributed by atoms with Crippen LogP contribution in [0.25, 0.3) is 22.6 Å². The van der Waals surface area contributed by atoms with Crippen LogP contribution in [0.5, 0.6) is 0 Å². The average molecular weight is 661 g/mol. The number of nitrogens with one attached hydrogen (secondary N) is 5. The van der Waals surface area contributed by atoms with Crippen molar-refractivity contribution in [2.24, 2.45) is 0 Å². The lowest BCUT2D eigenvalue weighted by molar-refractivity contribution is -0.0921. The standard InChI is InChI=1S/C29H40N8O10/c1-7-30-26(40)44-14-20(46-28(42)32-9-3)22(47-29(43)33-10-4)19(45-27(41)31-8-2)13-37-18-12-16(6)15(5)11-17(18)34-21-23(37)35-25(39)36-24(21)38/h11-12,19-20,22H,7-10,13-14H2,1-6H3,(H,30,40)(H,31,41)(H,32,42)(H,33,43)(H,36,38,39)/t19-,20+,22-/m1/s1. The van der Waals surface area contributed by atoms with Crippen LogP contribution in [0, 0.1) is 13.8 Å². The van der Waals surface area contributed by atoms with Gasteiger partial charge in [0.2, 0.25) is 0 Å². The van der Waals surface area contributed by atoms with Crippen molar-refractivity contribution in [3.05, 3.63) is 44.1 Å². The lowest BCUT2D eigenvalue weighted by Gasteiger charge is -2.33. The molecular weight excluding hydrogens is 620 g/mol. The van der Waals surface area contributed by atoms with Gasteiger partial charge in [-0.05, 0) is 64.8 Å². The summed E-state index contributed by atoms with van der Waals surface area (Å²) in [5.74, 6) is -0.157. The lowest BCUT2D eigenvalue weighted by atomic mass is 10.1. The van der Waals surface area contributed by atoms with E-state index in [1.165, 1.54) is 4.57 Å². The third-order valence-corrected chi connectivity index (χ3v) is 6.74. The van der Waals surface area contributed by atoms with Crippen LogP contribution in [-0.4, -0.2) is 95.0 Å². The molecule has 2 aliphatic rings.